The van der Waals surface area contributed by atoms with E-state index in [1.807, 2.05) is 42.9 Å². The third kappa shape index (κ3) is 5.72. The van der Waals surface area contributed by atoms with Gasteiger partial charge in [0, 0.05) is 63.1 Å². The molecular formula is C27H30F3N7O. The number of halogens is 3. The summed E-state index contributed by atoms with van der Waals surface area (Å²) in [5.74, 6) is -0.0446. The molecule has 0 spiro atoms. The van der Waals surface area contributed by atoms with Gasteiger partial charge < -0.3 is 9.88 Å². The van der Waals surface area contributed by atoms with Gasteiger partial charge in [-0.25, -0.2) is 4.98 Å². The SMILES string of the molecule is Cc1cc(-c2ccc3nc(Cc4cc(C(C)N5CCN(C(=O)CC(F)(F)F)CC5)ccn4)[nH]c3c2)n(C)n1. The van der Waals surface area contributed by atoms with Crippen LogP contribution in [0.4, 0.5) is 13.2 Å². The number of aromatic nitrogens is 5. The molecule has 1 aliphatic heterocycles. The maximum atomic E-state index is 12.6. The van der Waals surface area contributed by atoms with Gasteiger partial charge in [0.1, 0.15) is 12.2 Å². The third-order valence-electron chi connectivity index (χ3n) is 7.07. The van der Waals surface area contributed by atoms with Gasteiger partial charge in [0.25, 0.3) is 0 Å². The third-order valence-corrected chi connectivity index (χ3v) is 7.07. The molecule has 4 aromatic rings. The second kappa shape index (κ2) is 10.2. The minimum atomic E-state index is -4.48. The lowest BCUT2D eigenvalue weighted by Crippen LogP contribution is -2.50. The molecule has 1 amide bonds. The topological polar surface area (TPSA) is 82.9 Å². The molecule has 8 nitrogen and oxygen atoms in total. The van der Waals surface area contributed by atoms with Crippen molar-refractivity contribution in [3.05, 3.63) is 65.4 Å². The fourth-order valence-corrected chi connectivity index (χ4v) is 5.06. The smallest absolute Gasteiger partial charge is 0.342 e. The van der Waals surface area contributed by atoms with Gasteiger partial charge in [-0.15, -0.1) is 0 Å². The van der Waals surface area contributed by atoms with Crippen molar-refractivity contribution in [3.63, 3.8) is 0 Å². The summed E-state index contributed by atoms with van der Waals surface area (Å²) in [5.41, 5.74) is 6.82. The lowest BCUT2D eigenvalue weighted by atomic mass is 10.1. The maximum absolute atomic E-state index is 12.6. The summed E-state index contributed by atoms with van der Waals surface area (Å²) in [6.07, 6.45) is -3.57. The van der Waals surface area contributed by atoms with Gasteiger partial charge in [-0.2, -0.15) is 18.3 Å². The van der Waals surface area contributed by atoms with Crippen LogP contribution in [-0.4, -0.2) is 72.8 Å². The molecule has 0 aliphatic carbocycles. The molecule has 1 fully saturated rings. The van der Waals surface area contributed by atoms with Gasteiger partial charge in [0.15, 0.2) is 0 Å². The van der Waals surface area contributed by atoms with Crippen molar-refractivity contribution in [2.45, 2.75) is 38.9 Å². The predicted molar refractivity (Wildman–Crippen MR) is 137 cm³/mol. The highest BCUT2D eigenvalue weighted by molar-refractivity contribution is 5.81. The number of pyridine rings is 1. The van der Waals surface area contributed by atoms with E-state index in [-0.39, 0.29) is 19.1 Å². The molecule has 200 valence electrons. The number of nitrogens with one attached hydrogen (secondary N) is 1. The number of carbonyl (C=O) groups is 1. The number of imidazole rings is 1. The Kier molecular flexibility index (Phi) is 6.95. The molecular weight excluding hydrogens is 495 g/mol. The fourth-order valence-electron chi connectivity index (χ4n) is 5.06. The highest BCUT2D eigenvalue weighted by Gasteiger charge is 2.35. The first-order valence-electron chi connectivity index (χ1n) is 12.6. The Morgan fingerprint density at radius 1 is 1.11 bits per heavy atom. The molecule has 1 N–H and O–H groups in total. The van der Waals surface area contributed by atoms with Gasteiger partial charge in [-0.05, 0) is 49.7 Å². The Balaban J connectivity index is 1.25. The van der Waals surface area contributed by atoms with E-state index < -0.39 is 18.5 Å². The second-order valence-corrected chi connectivity index (χ2v) is 9.85. The zero-order valence-corrected chi connectivity index (χ0v) is 21.6. The van der Waals surface area contributed by atoms with Crippen LogP contribution in [0.5, 0.6) is 0 Å². The molecule has 1 aromatic carbocycles. The predicted octanol–water partition coefficient (Wildman–Crippen LogP) is 4.42. The van der Waals surface area contributed by atoms with E-state index in [4.69, 9.17) is 4.98 Å². The molecule has 5 rings (SSSR count). The van der Waals surface area contributed by atoms with Crippen LogP contribution in [0, 0.1) is 6.92 Å². The standard InChI is InChI=1S/C27H30F3N7O/c1-17-12-24(35(3)34-17)20-4-5-22-23(14-20)33-25(32-22)15-21-13-19(6-7-31-21)18(2)36-8-10-37(11-9-36)26(38)16-27(28,29)30/h4-7,12-14,18H,8-11,15-16H2,1-3H3,(H,32,33). The van der Waals surface area contributed by atoms with Crippen LogP contribution in [0.2, 0.25) is 0 Å². The van der Waals surface area contributed by atoms with Crippen LogP contribution >= 0.6 is 0 Å². The van der Waals surface area contributed by atoms with Crippen molar-refractivity contribution in [3.8, 4) is 11.3 Å². The van der Waals surface area contributed by atoms with Crippen molar-refractivity contribution in [1.29, 1.82) is 0 Å². The van der Waals surface area contributed by atoms with E-state index in [0.29, 0.717) is 19.5 Å². The summed E-state index contributed by atoms with van der Waals surface area (Å²) in [6, 6.07) is 12.2. The minimum Gasteiger partial charge on any atom is -0.342 e. The Hall–Kier alpha value is -3.73. The van der Waals surface area contributed by atoms with E-state index >= 15 is 0 Å². The van der Waals surface area contributed by atoms with Crippen LogP contribution in [0.15, 0.2) is 42.6 Å². The molecule has 1 aliphatic rings. The highest BCUT2D eigenvalue weighted by atomic mass is 19.4. The molecule has 1 atom stereocenters. The Morgan fingerprint density at radius 3 is 2.55 bits per heavy atom. The average Bonchev–Trinajstić information content (AvgIpc) is 3.43. The lowest BCUT2D eigenvalue weighted by Gasteiger charge is -2.38. The molecule has 38 heavy (non-hydrogen) atoms. The largest absolute Gasteiger partial charge is 0.397 e. The van der Waals surface area contributed by atoms with Crippen molar-refractivity contribution < 1.29 is 18.0 Å². The number of carbonyl (C=O) groups excluding carboxylic acids is 1. The Morgan fingerprint density at radius 2 is 1.87 bits per heavy atom. The first-order valence-corrected chi connectivity index (χ1v) is 12.6. The van der Waals surface area contributed by atoms with Crippen LogP contribution in [0.3, 0.4) is 0 Å². The lowest BCUT2D eigenvalue weighted by molar-refractivity contribution is -0.162. The summed E-state index contributed by atoms with van der Waals surface area (Å²) < 4.78 is 39.6. The van der Waals surface area contributed by atoms with Gasteiger partial charge in [0.2, 0.25) is 5.91 Å². The first-order chi connectivity index (χ1) is 18.1. The fraction of sp³-hybridized carbons (Fsp3) is 0.407. The molecule has 1 unspecified atom stereocenters. The van der Waals surface area contributed by atoms with Gasteiger partial charge in [-0.3, -0.25) is 19.4 Å². The monoisotopic (exact) mass is 525 g/mol. The summed E-state index contributed by atoms with van der Waals surface area (Å²) in [4.78, 5) is 28.1. The van der Waals surface area contributed by atoms with Crippen molar-refractivity contribution in [1.82, 2.24) is 34.5 Å². The zero-order chi connectivity index (χ0) is 27.0. The number of amides is 1. The van der Waals surface area contributed by atoms with E-state index in [9.17, 15) is 18.0 Å². The van der Waals surface area contributed by atoms with E-state index in [1.165, 1.54) is 4.90 Å². The number of hydrogen-bond donors (Lipinski definition) is 1. The first kappa shape index (κ1) is 25.9. The number of aryl methyl sites for hydroxylation is 2. The highest BCUT2D eigenvalue weighted by Crippen LogP contribution is 2.26. The number of rotatable bonds is 6. The van der Waals surface area contributed by atoms with Crippen LogP contribution in [0.1, 0.15) is 42.2 Å². The number of hydrogen-bond acceptors (Lipinski definition) is 5. The van der Waals surface area contributed by atoms with Gasteiger partial charge in [0.05, 0.1) is 22.4 Å². The minimum absolute atomic E-state index is 0.0391. The number of piperazine rings is 1. The Labute approximate surface area is 218 Å². The number of fused-ring (bicyclic) bond motifs is 1. The molecule has 3 aromatic heterocycles. The van der Waals surface area contributed by atoms with Crippen LogP contribution < -0.4 is 0 Å². The van der Waals surface area contributed by atoms with E-state index in [2.05, 4.69) is 39.0 Å². The molecule has 4 heterocycles. The van der Waals surface area contributed by atoms with Crippen molar-refractivity contribution >= 4 is 16.9 Å². The number of aromatic amines is 1. The maximum Gasteiger partial charge on any atom is 0.397 e. The van der Waals surface area contributed by atoms with E-state index in [1.54, 1.807) is 6.20 Å². The zero-order valence-electron chi connectivity index (χ0n) is 21.6. The number of alkyl halides is 3. The quantitative estimate of drug-likeness (QED) is 0.403. The summed E-state index contributed by atoms with van der Waals surface area (Å²) in [7, 11) is 1.93. The van der Waals surface area contributed by atoms with Gasteiger partial charge in [-0.1, -0.05) is 6.07 Å². The number of nitrogens with zero attached hydrogens (tertiary/aromatic N) is 6. The van der Waals surface area contributed by atoms with E-state index in [0.717, 1.165) is 45.1 Å². The van der Waals surface area contributed by atoms with Gasteiger partial charge >= 0.3 is 6.18 Å². The summed E-state index contributed by atoms with van der Waals surface area (Å²) in [6.45, 7) is 5.65. The number of benzene rings is 1. The second-order valence-electron chi connectivity index (χ2n) is 9.85. The molecule has 1 saturated heterocycles. The summed E-state index contributed by atoms with van der Waals surface area (Å²) >= 11 is 0. The molecule has 0 radical (unpaired) electrons. The average molecular weight is 526 g/mol. The van der Waals surface area contributed by atoms with Crippen LogP contribution in [0.25, 0.3) is 22.3 Å². The molecule has 11 heteroatoms. The van der Waals surface area contributed by atoms with Crippen molar-refractivity contribution in [2.75, 3.05) is 26.2 Å². The Bertz CT molecular complexity index is 1450. The molecule has 0 saturated carbocycles. The molecule has 0 bridgehead atoms. The number of H-pyrrole nitrogens is 1. The summed E-state index contributed by atoms with van der Waals surface area (Å²) in [5, 5.41) is 4.43. The normalized spacial score (nSPS) is 15.8. The van der Waals surface area contributed by atoms with Crippen molar-refractivity contribution in [2.24, 2.45) is 7.05 Å². The van der Waals surface area contributed by atoms with Crippen LogP contribution in [-0.2, 0) is 18.3 Å².